The van der Waals surface area contributed by atoms with Crippen molar-refractivity contribution in [2.75, 3.05) is 26.3 Å². The average Bonchev–Trinajstić information content (AvgIpc) is 2.62. The number of hydrogen-bond acceptors (Lipinski definition) is 3. The minimum atomic E-state index is -1.04. The summed E-state index contributed by atoms with van der Waals surface area (Å²) in [5, 5.41) is 9.17. The van der Waals surface area contributed by atoms with Crippen LogP contribution < -0.4 is 0 Å². The molecule has 0 radical (unpaired) electrons. The Morgan fingerprint density at radius 1 is 1.08 bits per heavy atom. The molecule has 1 saturated heterocycles. The van der Waals surface area contributed by atoms with E-state index in [9.17, 15) is 4.79 Å². The van der Waals surface area contributed by atoms with Crippen LogP contribution in [0.3, 0.4) is 0 Å². The number of carboxylic acids is 1. The van der Waals surface area contributed by atoms with Crippen molar-refractivity contribution in [2.45, 2.75) is 6.54 Å². The van der Waals surface area contributed by atoms with Gasteiger partial charge in [0.15, 0.2) is 0 Å². The van der Waals surface area contributed by atoms with Gasteiger partial charge in [-0.2, -0.15) is 0 Å². The van der Waals surface area contributed by atoms with Gasteiger partial charge in [0.1, 0.15) is 0 Å². The van der Waals surface area contributed by atoms with Crippen LogP contribution in [0.4, 0.5) is 0 Å². The van der Waals surface area contributed by atoms with Gasteiger partial charge in [-0.15, -0.1) is 0 Å². The molecule has 3 rings (SSSR count). The summed E-state index contributed by atoms with van der Waals surface area (Å²) >= 11 is 5.96. The molecule has 25 heavy (non-hydrogen) atoms. The van der Waals surface area contributed by atoms with Crippen LogP contribution in [-0.2, 0) is 11.3 Å². The number of carboxylic acid groups (broad SMARTS) is 1. The lowest BCUT2D eigenvalue weighted by atomic mass is 10.1. The van der Waals surface area contributed by atoms with E-state index in [0.29, 0.717) is 5.56 Å². The lowest BCUT2D eigenvalue weighted by molar-refractivity contribution is 0.0342. The third-order valence-electron chi connectivity index (χ3n) is 4.01. The summed E-state index contributed by atoms with van der Waals surface area (Å²) in [6.45, 7) is 4.45. The zero-order valence-corrected chi connectivity index (χ0v) is 14.4. The third-order valence-corrected chi connectivity index (χ3v) is 4.33. The van der Waals surface area contributed by atoms with Crippen LogP contribution in [-0.4, -0.2) is 42.3 Å². The monoisotopic (exact) mass is 355 g/mol. The van der Waals surface area contributed by atoms with Crippen LogP contribution in [0.5, 0.6) is 0 Å². The van der Waals surface area contributed by atoms with Crippen molar-refractivity contribution in [3.63, 3.8) is 0 Å². The molecule has 5 heteroatoms. The molecule has 4 nitrogen and oxygen atoms in total. The predicted molar refractivity (Wildman–Crippen MR) is 96.9 cm³/mol. The maximum Gasteiger partial charge on any atom is 0.337 e. The van der Waals surface area contributed by atoms with E-state index in [1.165, 1.54) is 11.6 Å². The number of aromatic carboxylic acids is 1. The first-order valence-corrected chi connectivity index (χ1v) is 8.43. The Bertz CT molecular complexity index is 815. The van der Waals surface area contributed by atoms with Gasteiger partial charge < -0.3 is 9.84 Å². The predicted octanol–water partition coefficient (Wildman–Crippen LogP) is 3.27. The molecule has 0 spiro atoms. The third kappa shape index (κ3) is 4.83. The summed E-state index contributed by atoms with van der Waals surface area (Å²) in [6, 6.07) is 12.9. The van der Waals surface area contributed by atoms with E-state index in [1.807, 2.05) is 12.1 Å². The highest BCUT2D eigenvalue weighted by Gasteiger charge is 2.10. The van der Waals surface area contributed by atoms with Gasteiger partial charge in [-0.05, 0) is 35.9 Å². The van der Waals surface area contributed by atoms with Gasteiger partial charge in [0.2, 0.25) is 0 Å². The first kappa shape index (κ1) is 17.5. The van der Waals surface area contributed by atoms with Gasteiger partial charge in [-0.3, -0.25) is 4.90 Å². The van der Waals surface area contributed by atoms with E-state index in [0.717, 1.165) is 38.4 Å². The Morgan fingerprint density at radius 2 is 1.72 bits per heavy atom. The molecule has 1 aliphatic rings. The molecular formula is C20H18ClNO3. The summed E-state index contributed by atoms with van der Waals surface area (Å²) < 4.78 is 5.36. The average molecular weight is 356 g/mol. The smallest absolute Gasteiger partial charge is 0.337 e. The van der Waals surface area contributed by atoms with Gasteiger partial charge in [-0.1, -0.05) is 35.6 Å². The summed E-state index contributed by atoms with van der Waals surface area (Å²) in [7, 11) is 0. The molecule has 1 fully saturated rings. The van der Waals surface area contributed by atoms with E-state index >= 15 is 0 Å². The fourth-order valence-electron chi connectivity index (χ4n) is 2.62. The molecule has 0 aromatic heterocycles. The second-order valence-electron chi connectivity index (χ2n) is 5.84. The number of halogens is 1. The van der Waals surface area contributed by atoms with E-state index in [2.05, 4.69) is 28.9 Å². The molecule has 2 aromatic rings. The molecule has 1 heterocycles. The molecule has 0 amide bonds. The zero-order valence-electron chi connectivity index (χ0n) is 13.7. The standard InChI is InChI=1S/C20H18ClNO3/c21-19-13-16(7-8-18(19)20(23)24)4-1-15-2-5-17(6-3-15)14-22-9-11-25-12-10-22/h2-3,5-8,13H,9-12,14H2,(H,23,24). The molecule has 1 aliphatic heterocycles. The SMILES string of the molecule is O=C(O)c1ccc(C#Cc2ccc(CN3CCOCC3)cc2)cc1Cl. The highest BCUT2D eigenvalue weighted by Crippen LogP contribution is 2.17. The fourth-order valence-corrected chi connectivity index (χ4v) is 2.88. The van der Waals surface area contributed by atoms with Gasteiger partial charge in [-0.25, -0.2) is 4.79 Å². The Balaban J connectivity index is 1.66. The summed E-state index contributed by atoms with van der Waals surface area (Å²) in [6.07, 6.45) is 0. The van der Waals surface area contributed by atoms with E-state index in [-0.39, 0.29) is 10.6 Å². The minimum absolute atomic E-state index is 0.0830. The van der Waals surface area contributed by atoms with Crippen molar-refractivity contribution in [1.29, 1.82) is 0 Å². The topological polar surface area (TPSA) is 49.8 Å². The van der Waals surface area contributed by atoms with Crippen molar-refractivity contribution in [3.05, 3.63) is 69.7 Å². The van der Waals surface area contributed by atoms with Gasteiger partial charge >= 0.3 is 5.97 Å². The first-order valence-electron chi connectivity index (χ1n) is 8.06. The van der Waals surface area contributed by atoms with E-state index in [1.54, 1.807) is 12.1 Å². The maximum absolute atomic E-state index is 11.0. The Hall–Kier alpha value is -2.32. The van der Waals surface area contributed by atoms with Crippen LogP contribution in [0.2, 0.25) is 5.02 Å². The number of ether oxygens (including phenoxy) is 1. The van der Waals surface area contributed by atoms with Crippen molar-refractivity contribution < 1.29 is 14.6 Å². The molecule has 1 N–H and O–H groups in total. The number of benzene rings is 2. The maximum atomic E-state index is 11.0. The highest BCUT2D eigenvalue weighted by molar-refractivity contribution is 6.33. The van der Waals surface area contributed by atoms with Crippen molar-refractivity contribution >= 4 is 17.6 Å². The van der Waals surface area contributed by atoms with Crippen LogP contribution in [0.1, 0.15) is 27.0 Å². The molecule has 0 saturated carbocycles. The lowest BCUT2D eigenvalue weighted by Crippen LogP contribution is -2.35. The Morgan fingerprint density at radius 3 is 2.36 bits per heavy atom. The highest BCUT2D eigenvalue weighted by atomic mass is 35.5. The number of morpholine rings is 1. The molecule has 0 aliphatic carbocycles. The lowest BCUT2D eigenvalue weighted by Gasteiger charge is -2.26. The molecular weight excluding hydrogens is 338 g/mol. The zero-order chi connectivity index (χ0) is 17.6. The largest absolute Gasteiger partial charge is 0.478 e. The number of hydrogen-bond donors (Lipinski definition) is 1. The molecule has 0 unspecified atom stereocenters. The second-order valence-corrected chi connectivity index (χ2v) is 6.24. The van der Waals surface area contributed by atoms with Crippen molar-refractivity contribution in [1.82, 2.24) is 4.90 Å². The number of carbonyl (C=O) groups is 1. The van der Waals surface area contributed by atoms with Crippen LogP contribution >= 0.6 is 11.6 Å². The number of rotatable bonds is 3. The molecule has 0 atom stereocenters. The molecule has 2 aromatic carbocycles. The van der Waals surface area contributed by atoms with Crippen LogP contribution in [0, 0.1) is 11.8 Å². The summed E-state index contributed by atoms with van der Waals surface area (Å²) in [5.74, 6) is 5.05. The van der Waals surface area contributed by atoms with Crippen molar-refractivity contribution in [3.8, 4) is 11.8 Å². The second kappa shape index (κ2) is 8.17. The van der Waals surface area contributed by atoms with Crippen molar-refractivity contribution in [2.24, 2.45) is 0 Å². The van der Waals surface area contributed by atoms with E-state index in [4.69, 9.17) is 21.4 Å². The Labute approximate surface area is 152 Å². The van der Waals surface area contributed by atoms with E-state index < -0.39 is 5.97 Å². The minimum Gasteiger partial charge on any atom is -0.478 e. The summed E-state index contributed by atoms with van der Waals surface area (Å²) in [4.78, 5) is 13.3. The Kier molecular flexibility index (Phi) is 5.72. The van der Waals surface area contributed by atoms with Crippen LogP contribution in [0.15, 0.2) is 42.5 Å². The number of nitrogens with zero attached hydrogens (tertiary/aromatic N) is 1. The fraction of sp³-hybridized carbons (Fsp3) is 0.250. The molecule has 0 bridgehead atoms. The van der Waals surface area contributed by atoms with Gasteiger partial charge in [0.25, 0.3) is 0 Å². The van der Waals surface area contributed by atoms with Gasteiger partial charge in [0.05, 0.1) is 23.8 Å². The van der Waals surface area contributed by atoms with Crippen LogP contribution in [0.25, 0.3) is 0 Å². The quantitative estimate of drug-likeness (QED) is 0.858. The summed E-state index contributed by atoms with van der Waals surface area (Å²) in [5.41, 5.74) is 2.93. The molecule has 128 valence electrons. The normalized spacial score (nSPS) is 14.6. The first-order chi connectivity index (χ1) is 12.1. The van der Waals surface area contributed by atoms with Gasteiger partial charge in [0, 0.05) is 30.8 Å².